The molecule has 0 bridgehead atoms. The summed E-state index contributed by atoms with van der Waals surface area (Å²) in [6.07, 6.45) is 0.828. The molecule has 96 valence electrons. The number of benzene rings is 1. The topological polar surface area (TPSA) is 70.2 Å². The van der Waals surface area contributed by atoms with Crippen molar-refractivity contribution >= 4 is 29.4 Å². The zero-order valence-corrected chi connectivity index (χ0v) is 10.6. The van der Waals surface area contributed by atoms with E-state index in [9.17, 15) is 9.59 Å². The monoisotopic (exact) mass is 265 g/mol. The number of carbonyl (C=O) groups is 2. The lowest BCUT2D eigenvalue weighted by molar-refractivity contribution is -0.113. The van der Waals surface area contributed by atoms with Crippen LogP contribution in [0.4, 0.5) is 10.5 Å². The molecule has 1 saturated heterocycles. The van der Waals surface area contributed by atoms with Crippen LogP contribution in [0.25, 0.3) is 0 Å². The number of amides is 3. The van der Waals surface area contributed by atoms with Crippen molar-refractivity contribution in [1.29, 1.82) is 0 Å². The molecule has 1 fully saturated rings. The highest BCUT2D eigenvalue weighted by atomic mass is 32.2. The second-order valence-corrected chi connectivity index (χ2v) is 5.09. The summed E-state index contributed by atoms with van der Waals surface area (Å²) in [6.45, 7) is 0.657. The summed E-state index contributed by atoms with van der Waals surface area (Å²) in [4.78, 5) is 22.7. The Balaban J connectivity index is 1.73. The Morgan fingerprint density at radius 1 is 1.39 bits per heavy atom. The normalized spacial score (nSPS) is 18.7. The predicted molar refractivity (Wildman–Crippen MR) is 72.5 cm³/mol. The summed E-state index contributed by atoms with van der Waals surface area (Å²) in [5.41, 5.74) is 0.789. The minimum Gasteiger partial charge on any atom is -0.338 e. The fourth-order valence-electron chi connectivity index (χ4n) is 1.61. The Kier molecular flexibility index (Phi) is 4.46. The van der Waals surface area contributed by atoms with Gasteiger partial charge >= 0.3 is 6.03 Å². The average molecular weight is 265 g/mol. The van der Waals surface area contributed by atoms with Crippen molar-refractivity contribution in [2.75, 3.05) is 17.6 Å². The van der Waals surface area contributed by atoms with E-state index in [0.717, 1.165) is 12.1 Å². The molecular formula is C12H15N3O2S. The molecule has 1 atom stereocenters. The van der Waals surface area contributed by atoms with E-state index >= 15 is 0 Å². The lowest BCUT2D eigenvalue weighted by Gasteiger charge is -2.23. The van der Waals surface area contributed by atoms with E-state index in [1.807, 2.05) is 30.3 Å². The van der Waals surface area contributed by atoms with E-state index in [-0.39, 0.29) is 17.3 Å². The summed E-state index contributed by atoms with van der Waals surface area (Å²) in [5.74, 6) is 0.277. The molecule has 1 aromatic rings. The van der Waals surface area contributed by atoms with Crippen molar-refractivity contribution in [3.8, 4) is 0 Å². The number of anilines is 1. The predicted octanol–water partition coefficient (Wildman–Crippen LogP) is 1.39. The number of para-hydroxylation sites is 1. The van der Waals surface area contributed by atoms with E-state index in [4.69, 9.17) is 0 Å². The first-order chi connectivity index (χ1) is 8.74. The molecule has 6 heteroatoms. The Labute approximate surface area is 110 Å². The van der Waals surface area contributed by atoms with Crippen LogP contribution in [-0.4, -0.2) is 29.6 Å². The van der Waals surface area contributed by atoms with Crippen LogP contribution in [-0.2, 0) is 4.79 Å². The zero-order valence-electron chi connectivity index (χ0n) is 9.81. The second-order valence-electron chi connectivity index (χ2n) is 3.90. The van der Waals surface area contributed by atoms with Crippen molar-refractivity contribution < 1.29 is 9.59 Å². The fourth-order valence-corrected chi connectivity index (χ4v) is 2.51. The third-order valence-electron chi connectivity index (χ3n) is 2.46. The molecule has 0 spiro atoms. The lowest BCUT2D eigenvalue weighted by Crippen LogP contribution is -2.48. The van der Waals surface area contributed by atoms with E-state index in [2.05, 4.69) is 16.0 Å². The summed E-state index contributed by atoms with van der Waals surface area (Å²) in [6, 6.07) is 9.16. The smallest absolute Gasteiger partial charge is 0.315 e. The standard InChI is InChI=1S/C12H15N3O2S/c16-10(14-9-4-2-1-3-5-9)8-18-11-6-7-13-12(17)15-11/h1-5,11H,6-8H2,(H,14,16)(H2,13,15,17). The van der Waals surface area contributed by atoms with Gasteiger partial charge in [-0.1, -0.05) is 18.2 Å². The number of urea groups is 1. The molecule has 3 N–H and O–H groups in total. The van der Waals surface area contributed by atoms with Crippen LogP contribution >= 0.6 is 11.8 Å². The van der Waals surface area contributed by atoms with Gasteiger partial charge in [0.2, 0.25) is 5.91 Å². The fraction of sp³-hybridized carbons (Fsp3) is 0.333. The molecule has 18 heavy (non-hydrogen) atoms. The van der Waals surface area contributed by atoms with Crippen LogP contribution < -0.4 is 16.0 Å². The first-order valence-electron chi connectivity index (χ1n) is 5.75. The maximum absolute atomic E-state index is 11.7. The molecular weight excluding hydrogens is 250 g/mol. The van der Waals surface area contributed by atoms with Crippen molar-refractivity contribution in [3.05, 3.63) is 30.3 Å². The van der Waals surface area contributed by atoms with Gasteiger partial charge < -0.3 is 16.0 Å². The summed E-state index contributed by atoms with van der Waals surface area (Å²) in [7, 11) is 0. The van der Waals surface area contributed by atoms with Crippen molar-refractivity contribution in [2.45, 2.75) is 11.8 Å². The molecule has 0 radical (unpaired) electrons. The van der Waals surface area contributed by atoms with Crippen molar-refractivity contribution in [2.24, 2.45) is 0 Å². The van der Waals surface area contributed by atoms with Gasteiger partial charge in [-0.15, -0.1) is 11.8 Å². The van der Waals surface area contributed by atoms with Gasteiger partial charge in [0.05, 0.1) is 11.1 Å². The molecule has 3 amide bonds. The van der Waals surface area contributed by atoms with E-state index < -0.39 is 0 Å². The minimum absolute atomic E-state index is 0.0141. The van der Waals surface area contributed by atoms with E-state index in [0.29, 0.717) is 12.3 Å². The van der Waals surface area contributed by atoms with Gasteiger partial charge in [0.15, 0.2) is 0 Å². The molecule has 1 unspecified atom stereocenters. The number of carbonyl (C=O) groups excluding carboxylic acids is 2. The van der Waals surface area contributed by atoms with Gasteiger partial charge in [-0.05, 0) is 18.6 Å². The maximum atomic E-state index is 11.7. The number of thioether (sulfide) groups is 1. The van der Waals surface area contributed by atoms with Gasteiger partial charge in [0.25, 0.3) is 0 Å². The van der Waals surface area contributed by atoms with Gasteiger partial charge in [0.1, 0.15) is 0 Å². The van der Waals surface area contributed by atoms with Crippen LogP contribution in [0.3, 0.4) is 0 Å². The maximum Gasteiger partial charge on any atom is 0.315 e. The molecule has 1 aliphatic rings. The molecule has 1 heterocycles. The van der Waals surface area contributed by atoms with Crippen LogP contribution in [0.1, 0.15) is 6.42 Å². The Morgan fingerprint density at radius 3 is 2.89 bits per heavy atom. The minimum atomic E-state index is -0.165. The van der Waals surface area contributed by atoms with Gasteiger partial charge in [-0.25, -0.2) is 4.79 Å². The third-order valence-corrected chi connectivity index (χ3v) is 3.64. The molecule has 2 rings (SSSR count). The molecule has 0 aliphatic carbocycles. The van der Waals surface area contributed by atoms with E-state index in [1.165, 1.54) is 11.8 Å². The average Bonchev–Trinajstić information content (AvgIpc) is 2.38. The van der Waals surface area contributed by atoms with Crippen molar-refractivity contribution in [3.63, 3.8) is 0 Å². The number of hydrogen-bond donors (Lipinski definition) is 3. The first-order valence-corrected chi connectivity index (χ1v) is 6.80. The SMILES string of the molecule is O=C(CSC1CCNC(=O)N1)Nc1ccccc1. The Hall–Kier alpha value is -1.69. The number of nitrogens with one attached hydrogen (secondary N) is 3. The highest BCUT2D eigenvalue weighted by Crippen LogP contribution is 2.14. The highest BCUT2D eigenvalue weighted by Gasteiger charge is 2.18. The molecule has 1 aliphatic heterocycles. The van der Waals surface area contributed by atoms with Crippen LogP contribution in [0.5, 0.6) is 0 Å². The van der Waals surface area contributed by atoms with Gasteiger partial charge in [-0.2, -0.15) is 0 Å². The zero-order chi connectivity index (χ0) is 12.8. The Bertz CT molecular complexity index is 425. The van der Waals surface area contributed by atoms with E-state index in [1.54, 1.807) is 0 Å². The first kappa shape index (κ1) is 12.8. The van der Waals surface area contributed by atoms with Crippen LogP contribution in [0.2, 0.25) is 0 Å². The largest absolute Gasteiger partial charge is 0.338 e. The van der Waals surface area contributed by atoms with Crippen molar-refractivity contribution in [1.82, 2.24) is 10.6 Å². The second kappa shape index (κ2) is 6.30. The lowest BCUT2D eigenvalue weighted by atomic mass is 10.3. The molecule has 0 aromatic heterocycles. The quantitative estimate of drug-likeness (QED) is 0.770. The van der Waals surface area contributed by atoms with Crippen LogP contribution in [0, 0.1) is 0 Å². The van der Waals surface area contributed by atoms with Gasteiger partial charge in [-0.3, -0.25) is 4.79 Å². The van der Waals surface area contributed by atoms with Gasteiger partial charge in [0, 0.05) is 12.2 Å². The Morgan fingerprint density at radius 2 is 2.17 bits per heavy atom. The summed E-state index contributed by atoms with van der Waals surface area (Å²) < 4.78 is 0. The van der Waals surface area contributed by atoms with Crippen LogP contribution in [0.15, 0.2) is 30.3 Å². The number of rotatable bonds is 4. The third kappa shape index (κ3) is 3.96. The molecule has 5 nitrogen and oxygen atoms in total. The number of hydrogen-bond acceptors (Lipinski definition) is 3. The molecule has 0 saturated carbocycles. The summed E-state index contributed by atoms with van der Waals surface area (Å²) >= 11 is 1.44. The molecule has 1 aromatic carbocycles. The summed E-state index contributed by atoms with van der Waals surface area (Å²) in [5, 5.41) is 8.26. The highest BCUT2D eigenvalue weighted by molar-refractivity contribution is 8.00.